The van der Waals surface area contributed by atoms with Gasteiger partial charge in [0.15, 0.2) is 0 Å². The molecule has 5 nitrogen and oxygen atoms in total. The number of guanidine groups is 1. The zero-order valence-electron chi connectivity index (χ0n) is 8.20. The first-order chi connectivity index (χ1) is 6.86. The van der Waals surface area contributed by atoms with E-state index >= 15 is 0 Å². The van der Waals surface area contributed by atoms with E-state index in [0.717, 1.165) is 18.7 Å². The number of hydrazine groups is 1. The molecule has 0 fully saturated rings. The van der Waals surface area contributed by atoms with E-state index in [4.69, 9.17) is 5.84 Å². The summed E-state index contributed by atoms with van der Waals surface area (Å²) in [4.78, 5) is 8.08. The van der Waals surface area contributed by atoms with Crippen molar-refractivity contribution in [2.75, 3.05) is 13.6 Å². The fraction of sp³-hybridized carbons (Fsp3) is 0.333. The summed E-state index contributed by atoms with van der Waals surface area (Å²) in [6.07, 6.45) is 2.63. The van der Waals surface area contributed by atoms with Crippen molar-refractivity contribution in [2.45, 2.75) is 6.42 Å². The molecule has 76 valence electrons. The van der Waals surface area contributed by atoms with Gasteiger partial charge in [-0.1, -0.05) is 6.07 Å². The number of aromatic nitrogens is 1. The molecule has 0 saturated heterocycles. The Labute approximate surface area is 83.4 Å². The molecular weight excluding hydrogens is 178 g/mol. The van der Waals surface area contributed by atoms with Crippen LogP contribution in [-0.2, 0) is 6.42 Å². The molecule has 1 aromatic heterocycles. The Morgan fingerprint density at radius 2 is 2.43 bits per heavy atom. The standard InChI is InChI=1S/C9H15N5/c1-11-9(14-10)13-7-5-8-4-2-3-6-12-8/h2-4,6H,5,7,10H2,1H3,(H2,11,13,14). The second-order valence-corrected chi connectivity index (χ2v) is 2.71. The van der Waals surface area contributed by atoms with Crippen LogP contribution in [0.5, 0.6) is 0 Å². The van der Waals surface area contributed by atoms with Crippen LogP contribution in [0.25, 0.3) is 0 Å². The minimum Gasteiger partial charge on any atom is -0.355 e. The first-order valence-electron chi connectivity index (χ1n) is 4.44. The average molecular weight is 193 g/mol. The number of nitrogens with zero attached hydrogens (tertiary/aromatic N) is 2. The predicted molar refractivity (Wildman–Crippen MR) is 56.6 cm³/mol. The summed E-state index contributed by atoms with van der Waals surface area (Å²) >= 11 is 0. The second kappa shape index (κ2) is 5.93. The minimum absolute atomic E-state index is 0.584. The SMILES string of the molecule is CN=C(NN)NCCc1ccccn1. The van der Waals surface area contributed by atoms with E-state index < -0.39 is 0 Å². The van der Waals surface area contributed by atoms with Gasteiger partial charge < -0.3 is 5.32 Å². The molecule has 0 spiro atoms. The molecular formula is C9H15N5. The van der Waals surface area contributed by atoms with E-state index in [1.807, 2.05) is 18.2 Å². The normalized spacial score (nSPS) is 11.1. The maximum atomic E-state index is 5.20. The average Bonchev–Trinajstić information content (AvgIpc) is 2.26. The highest BCUT2D eigenvalue weighted by molar-refractivity contribution is 5.78. The number of rotatable bonds is 3. The van der Waals surface area contributed by atoms with Crippen molar-refractivity contribution in [2.24, 2.45) is 10.8 Å². The van der Waals surface area contributed by atoms with Crippen molar-refractivity contribution in [3.05, 3.63) is 30.1 Å². The molecule has 4 N–H and O–H groups in total. The highest BCUT2D eigenvalue weighted by Crippen LogP contribution is 1.92. The van der Waals surface area contributed by atoms with Crippen LogP contribution in [-0.4, -0.2) is 24.5 Å². The molecule has 0 aliphatic rings. The molecule has 1 rings (SSSR count). The largest absolute Gasteiger partial charge is 0.355 e. The number of pyridine rings is 1. The van der Waals surface area contributed by atoms with Crippen LogP contribution in [0.15, 0.2) is 29.4 Å². The molecule has 14 heavy (non-hydrogen) atoms. The van der Waals surface area contributed by atoms with Crippen molar-refractivity contribution in [1.82, 2.24) is 15.7 Å². The highest BCUT2D eigenvalue weighted by atomic mass is 15.3. The van der Waals surface area contributed by atoms with Crippen LogP contribution in [0.2, 0.25) is 0 Å². The highest BCUT2D eigenvalue weighted by Gasteiger charge is 1.94. The number of nitrogens with one attached hydrogen (secondary N) is 2. The summed E-state index contributed by atoms with van der Waals surface area (Å²) in [6, 6.07) is 5.86. The van der Waals surface area contributed by atoms with Crippen molar-refractivity contribution >= 4 is 5.96 Å². The first kappa shape index (κ1) is 10.5. The zero-order valence-corrected chi connectivity index (χ0v) is 8.20. The van der Waals surface area contributed by atoms with Crippen LogP contribution in [0.1, 0.15) is 5.69 Å². The van der Waals surface area contributed by atoms with E-state index in [9.17, 15) is 0 Å². The number of nitrogens with two attached hydrogens (primary N) is 1. The summed E-state index contributed by atoms with van der Waals surface area (Å²) in [5.41, 5.74) is 3.51. The molecule has 0 aromatic carbocycles. The minimum atomic E-state index is 0.584. The molecule has 0 aliphatic carbocycles. The van der Waals surface area contributed by atoms with Gasteiger partial charge in [0.25, 0.3) is 0 Å². The van der Waals surface area contributed by atoms with Gasteiger partial charge in [0.1, 0.15) is 0 Å². The lowest BCUT2D eigenvalue weighted by Gasteiger charge is -2.07. The Morgan fingerprint density at radius 3 is 3.00 bits per heavy atom. The van der Waals surface area contributed by atoms with E-state index in [0.29, 0.717) is 5.96 Å². The lowest BCUT2D eigenvalue weighted by atomic mass is 10.3. The van der Waals surface area contributed by atoms with Gasteiger partial charge in [0.05, 0.1) is 0 Å². The quantitative estimate of drug-likeness (QED) is 0.266. The fourth-order valence-corrected chi connectivity index (χ4v) is 1.05. The van der Waals surface area contributed by atoms with Gasteiger partial charge in [-0.25, -0.2) is 5.84 Å². The van der Waals surface area contributed by atoms with Crippen LogP contribution in [0.4, 0.5) is 0 Å². The maximum absolute atomic E-state index is 5.20. The number of aliphatic imine (C=N–C) groups is 1. The molecule has 5 heteroatoms. The van der Waals surface area contributed by atoms with Crippen molar-refractivity contribution < 1.29 is 0 Å². The smallest absolute Gasteiger partial charge is 0.205 e. The Morgan fingerprint density at radius 1 is 1.57 bits per heavy atom. The third-order valence-electron chi connectivity index (χ3n) is 1.76. The van der Waals surface area contributed by atoms with Gasteiger partial charge >= 0.3 is 0 Å². The van der Waals surface area contributed by atoms with Crippen LogP contribution >= 0.6 is 0 Å². The summed E-state index contributed by atoms with van der Waals surface area (Å²) in [6.45, 7) is 0.758. The lowest BCUT2D eigenvalue weighted by Crippen LogP contribution is -2.42. The number of hydrogen-bond acceptors (Lipinski definition) is 3. The Balaban J connectivity index is 2.29. The van der Waals surface area contributed by atoms with Crippen molar-refractivity contribution in [3.63, 3.8) is 0 Å². The third kappa shape index (κ3) is 3.40. The molecule has 0 aliphatic heterocycles. The Bertz CT molecular complexity index is 283. The predicted octanol–water partition coefficient (Wildman–Crippen LogP) is -0.337. The lowest BCUT2D eigenvalue weighted by molar-refractivity contribution is 0.802. The van der Waals surface area contributed by atoms with Gasteiger partial charge in [0, 0.05) is 31.9 Å². The topological polar surface area (TPSA) is 75.3 Å². The molecule has 0 radical (unpaired) electrons. The molecule has 0 bridgehead atoms. The summed E-state index contributed by atoms with van der Waals surface area (Å²) in [5.74, 6) is 5.79. The monoisotopic (exact) mass is 193 g/mol. The molecule has 0 amide bonds. The summed E-state index contributed by atoms with van der Waals surface area (Å²) in [5, 5.41) is 3.04. The molecule has 0 unspecified atom stereocenters. The van der Waals surface area contributed by atoms with Gasteiger partial charge in [0.2, 0.25) is 5.96 Å². The summed E-state index contributed by atoms with van der Waals surface area (Å²) < 4.78 is 0. The van der Waals surface area contributed by atoms with Crippen LogP contribution in [0, 0.1) is 0 Å². The van der Waals surface area contributed by atoms with E-state index in [2.05, 4.69) is 20.7 Å². The molecule has 0 saturated carbocycles. The summed E-state index contributed by atoms with van der Waals surface area (Å²) in [7, 11) is 1.67. The van der Waals surface area contributed by atoms with Gasteiger partial charge in [-0.3, -0.25) is 15.4 Å². The second-order valence-electron chi connectivity index (χ2n) is 2.71. The van der Waals surface area contributed by atoms with Gasteiger partial charge in [-0.05, 0) is 12.1 Å². The third-order valence-corrected chi connectivity index (χ3v) is 1.76. The molecule has 1 heterocycles. The van der Waals surface area contributed by atoms with Crippen LogP contribution < -0.4 is 16.6 Å². The fourth-order valence-electron chi connectivity index (χ4n) is 1.05. The Kier molecular flexibility index (Phi) is 4.43. The van der Waals surface area contributed by atoms with Crippen molar-refractivity contribution in [3.8, 4) is 0 Å². The molecule has 1 aromatic rings. The van der Waals surface area contributed by atoms with Crippen molar-refractivity contribution in [1.29, 1.82) is 0 Å². The van der Waals surface area contributed by atoms with E-state index in [1.165, 1.54) is 0 Å². The molecule has 0 atom stereocenters. The Hall–Kier alpha value is -1.62. The maximum Gasteiger partial charge on any atom is 0.205 e. The van der Waals surface area contributed by atoms with Gasteiger partial charge in [-0.15, -0.1) is 0 Å². The first-order valence-corrected chi connectivity index (χ1v) is 4.44. The van der Waals surface area contributed by atoms with Crippen LogP contribution in [0.3, 0.4) is 0 Å². The van der Waals surface area contributed by atoms with E-state index in [1.54, 1.807) is 13.2 Å². The zero-order chi connectivity index (χ0) is 10.2. The number of hydrogen-bond donors (Lipinski definition) is 3. The van der Waals surface area contributed by atoms with Gasteiger partial charge in [-0.2, -0.15) is 0 Å². The van der Waals surface area contributed by atoms with E-state index in [-0.39, 0.29) is 0 Å².